The van der Waals surface area contributed by atoms with Crippen LogP contribution in [-0.4, -0.2) is 26.9 Å². The summed E-state index contributed by atoms with van der Waals surface area (Å²) in [5, 5.41) is 10.8. The number of aromatic amines is 2. The second-order valence-electron chi connectivity index (χ2n) is 7.03. The third-order valence-corrected chi connectivity index (χ3v) is 4.71. The molecule has 160 valence electrons. The Morgan fingerprint density at radius 3 is 1.84 bits per heavy atom. The molecular formula is C24H20N4O4. The fraction of sp³-hybridized carbons (Fsp3) is 0. The summed E-state index contributed by atoms with van der Waals surface area (Å²) in [7, 11) is 0. The summed E-state index contributed by atoms with van der Waals surface area (Å²) >= 11 is 0. The molecule has 0 saturated carbocycles. The van der Waals surface area contributed by atoms with Crippen LogP contribution in [0, 0.1) is 0 Å². The summed E-state index contributed by atoms with van der Waals surface area (Å²) in [6, 6.07) is 23.2. The molecular weight excluding hydrogens is 408 g/mol. The van der Waals surface area contributed by atoms with E-state index in [-0.39, 0.29) is 5.75 Å². The van der Waals surface area contributed by atoms with Crippen molar-refractivity contribution < 1.29 is 19.4 Å². The minimum absolute atomic E-state index is 0.169. The Morgan fingerprint density at radius 2 is 1.25 bits per heavy atom. The Bertz CT molecular complexity index is 1420. The Kier molecular flexibility index (Phi) is 5.50. The van der Waals surface area contributed by atoms with Gasteiger partial charge in [-0.3, -0.25) is 9.59 Å². The quantitative estimate of drug-likeness (QED) is 0.294. The van der Waals surface area contributed by atoms with Gasteiger partial charge in [-0.25, -0.2) is 0 Å². The zero-order valence-electron chi connectivity index (χ0n) is 16.8. The van der Waals surface area contributed by atoms with Crippen LogP contribution in [0.3, 0.4) is 0 Å². The number of amides is 2. The van der Waals surface area contributed by atoms with Gasteiger partial charge in [-0.15, -0.1) is 0 Å². The van der Waals surface area contributed by atoms with E-state index in [2.05, 4.69) is 9.97 Å². The number of phenols is 1. The van der Waals surface area contributed by atoms with Gasteiger partial charge in [0, 0.05) is 21.8 Å². The molecule has 0 atom stereocenters. The van der Waals surface area contributed by atoms with Gasteiger partial charge >= 0.3 is 0 Å². The van der Waals surface area contributed by atoms with E-state index in [1.54, 1.807) is 30.3 Å². The van der Waals surface area contributed by atoms with Crippen molar-refractivity contribution in [1.29, 1.82) is 0 Å². The molecule has 0 radical (unpaired) electrons. The number of H-pyrrole nitrogens is 2. The molecule has 0 aliphatic heterocycles. The molecule has 0 fully saturated rings. The van der Waals surface area contributed by atoms with Crippen LogP contribution in [0.25, 0.3) is 21.8 Å². The van der Waals surface area contributed by atoms with E-state index in [4.69, 9.17) is 21.3 Å². The SMILES string of the molecule is NC(=O)c1cc2cc(O)ccc2[nH]1.NC(=O)c1cc2cc(Oc3ccccc3)ccc2[nH]1. The van der Waals surface area contributed by atoms with Crippen molar-refractivity contribution >= 4 is 33.6 Å². The molecule has 8 heteroatoms. The predicted octanol–water partition coefficient (Wildman–Crippen LogP) is 4.03. The Hall–Kier alpha value is -4.72. The largest absolute Gasteiger partial charge is 0.508 e. The highest BCUT2D eigenvalue weighted by Gasteiger charge is 2.07. The maximum atomic E-state index is 11.1. The van der Waals surface area contributed by atoms with Gasteiger partial charge < -0.3 is 31.3 Å². The second-order valence-corrected chi connectivity index (χ2v) is 7.03. The summed E-state index contributed by atoms with van der Waals surface area (Å²) in [4.78, 5) is 27.7. The Labute approximate surface area is 182 Å². The van der Waals surface area contributed by atoms with Gasteiger partial charge in [-0.1, -0.05) is 18.2 Å². The van der Waals surface area contributed by atoms with E-state index in [1.165, 1.54) is 0 Å². The summed E-state index contributed by atoms with van der Waals surface area (Å²) < 4.78 is 5.73. The minimum Gasteiger partial charge on any atom is -0.508 e. The third kappa shape index (κ3) is 4.54. The monoisotopic (exact) mass is 428 g/mol. The van der Waals surface area contributed by atoms with Crippen molar-refractivity contribution in [2.24, 2.45) is 11.5 Å². The molecule has 8 nitrogen and oxygen atoms in total. The molecule has 32 heavy (non-hydrogen) atoms. The number of nitrogens with two attached hydrogens (primary N) is 2. The number of hydrogen-bond acceptors (Lipinski definition) is 4. The first-order chi connectivity index (χ1) is 15.4. The number of nitrogens with one attached hydrogen (secondary N) is 2. The summed E-state index contributed by atoms with van der Waals surface area (Å²) in [6.07, 6.45) is 0. The summed E-state index contributed by atoms with van der Waals surface area (Å²) in [5.74, 6) is 0.682. The van der Waals surface area contributed by atoms with Gasteiger partial charge in [0.05, 0.1) is 0 Å². The first-order valence-electron chi connectivity index (χ1n) is 9.66. The van der Waals surface area contributed by atoms with Crippen LogP contribution in [0.2, 0.25) is 0 Å². The number of benzene rings is 3. The van der Waals surface area contributed by atoms with Crippen LogP contribution in [0.1, 0.15) is 21.0 Å². The topological polar surface area (TPSA) is 147 Å². The van der Waals surface area contributed by atoms with E-state index >= 15 is 0 Å². The van der Waals surface area contributed by atoms with Crippen molar-refractivity contribution in [3.05, 3.63) is 90.3 Å². The number of carbonyl (C=O) groups excluding carboxylic acids is 2. The van der Waals surface area contributed by atoms with Gasteiger partial charge in [0.15, 0.2) is 0 Å². The smallest absolute Gasteiger partial charge is 0.265 e. The van der Waals surface area contributed by atoms with Crippen LogP contribution in [-0.2, 0) is 0 Å². The van der Waals surface area contributed by atoms with Crippen molar-refractivity contribution in [3.8, 4) is 17.2 Å². The molecule has 0 aliphatic rings. The van der Waals surface area contributed by atoms with E-state index in [0.29, 0.717) is 17.1 Å². The molecule has 2 aromatic heterocycles. The molecule has 0 spiro atoms. The highest BCUT2D eigenvalue weighted by molar-refractivity contribution is 5.98. The number of fused-ring (bicyclic) bond motifs is 2. The highest BCUT2D eigenvalue weighted by Crippen LogP contribution is 2.26. The molecule has 5 rings (SSSR count). The molecule has 0 unspecified atom stereocenters. The molecule has 7 N–H and O–H groups in total. The standard InChI is InChI=1S/C15H12N2O2.C9H8N2O2/c16-15(18)14-9-10-8-12(6-7-13(10)17-14)19-11-4-2-1-3-5-11;10-9(13)8-4-5-3-6(12)1-2-7(5)11-8/h1-9,17H,(H2,16,18);1-4,11-12H,(H2,10,13). The number of aromatic nitrogens is 2. The van der Waals surface area contributed by atoms with Crippen molar-refractivity contribution in [3.63, 3.8) is 0 Å². The van der Waals surface area contributed by atoms with Gasteiger partial charge in [-0.05, 0) is 60.7 Å². The Morgan fingerprint density at radius 1 is 0.688 bits per heavy atom. The number of rotatable bonds is 4. The van der Waals surface area contributed by atoms with Crippen LogP contribution < -0.4 is 16.2 Å². The fourth-order valence-electron chi connectivity index (χ4n) is 3.18. The van der Waals surface area contributed by atoms with E-state index < -0.39 is 11.8 Å². The van der Waals surface area contributed by atoms with E-state index in [1.807, 2.05) is 48.5 Å². The average Bonchev–Trinajstić information content (AvgIpc) is 3.38. The number of primary amides is 2. The number of phenolic OH excluding ortho intramolecular Hbond substituents is 1. The summed E-state index contributed by atoms with van der Waals surface area (Å²) in [5.41, 5.74) is 12.7. The van der Waals surface area contributed by atoms with Crippen molar-refractivity contribution in [1.82, 2.24) is 9.97 Å². The second kappa shape index (κ2) is 8.57. The zero-order chi connectivity index (χ0) is 22.7. The lowest BCUT2D eigenvalue weighted by Gasteiger charge is -2.04. The average molecular weight is 428 g/mol. The number of hydrogen-bond donors (Lipinski definition) is 5. The van der Waals surface area contributed by atoms with Crippen LogP contribution in [0.4, 0.5) is 0 Å². The number of carbonyl (C=O) groups is 2. The zero-order valence-corrected chi connectivity index (χ0v) is 16.8. The first kappa shape index (κ1) is 20.5. The maximum absolute atomic E-state index is 11.1. The third-order valence-electron chi connectivity index (χ3n) is 4.71. The summed E-state index contributed by atoms with van der Waals surface area (Å²) in [6.45, 7) is 0. The van der Waals surface area contributed by atoms with Crippen LogP contribution >= 0.6 is 0 Å². The molecule has 0 saturated heterocycles. The normalized spacial score (nSPS) is 10.5. The van der Waals surface area contributed by atoms with Crippen LogP contribution in [0.15, 0.2) is 78.9 Å². The molecule has 0 bridgehead atoms. The van der Waals surface area contributed by atoms with Crippen molar-refractivity contribution in [2.45, 2.75) is 0 Å². The van der Waals surface area contributed by atoms with Crippen LogP contribution in [0.5, 0.6) is 17.2 Å². The number of para-hydroxylation sites is 1. The van der Waals surface area contributed by atoms with Gasteiger partial charge in [0.2, 0.25) is 0 Å². The molecule has 5 aromatic rings. The Balaban J connectivity index is 0.000000165. The van der Waals surface area contributed by atoms with E-state index in [9.17, 15) is 9.59 Å². The lowest BCUT2D eigenvalue weighted by molar-refractivity contribution is 0.0988. The maximum Gasteiger partial charge on any atom is 0.265 e. The number of aromatic hydroxyl groups is 1. The lowest BCUT2D eigenvalue weighted by Crippen LogP contribution is -2.10. The fourth-order valence-corrected chi connectivity index (χ4v) is 3.18. The highest BCUT2D eigenvalue weighted by atomic mass is 16.5. The molecule has 0 aliphatic carbocycles. The van der Waals surface area contributed by atoms with E-state index in [0.717, 1.165) is 27.6 Å². The van der Waals surface area contributed by atoms with Gasteiger partial charge in [0.1, 0.15) is 28.6 Å². The number of ether oxygens (including phenoxy) is 1. The minimum atomic E-state index is -0.504. The predicted molar refractivity (Wildman–Crippen MR) is 122 cm³/mol. The first-order valence-corrected chi connectivity index (χ1v) is 9.66. The molecule has 2 heterocycles. The molecule has 3 aromatic carbocycles. The molecule has 2 amide bonds. The van der Waals surface area contributed by atoms with Crippen molar-refractivity contribution in [2.75, 3.05) is 0 Å². The lowest BCUT2D eigenvalue weighted by atomic mass is 10.2. The van der Waals surface area contributed by atoms with Gasteiger partial charge in [0.25, 0.3) is 11.8 Å². The van der Waals surface area contributed by atoms with Gasteiger partial charge in [-0.2, -0.15) is 0 Å².